The molecule has 1 heterocycles. The molecule has 2 aromatic rings. The van der Waals surface area contributed by atoms with E-state index in [1.807, 2.05) is 60.4 Å². The van der Waals surface area contributed by atoms with Crippen LogP contribution in [0.5, 0.6) is 0 Å². The predicted octanol–water partition coefficient (Wildman–Crippen LogP) is 3.46. The van der Waals surface area contributed by atoms with Gasteiger partial charge in [-0.2, -0.15) is 0 Å². The third-order valence-electron chi connectivity index (χ3n) is 4.30. The molecule has 0 atom stereocenters. The van der Waals surface area contributed by atoms with Crippen molar-refractivity contribution in [3.05, 3.63) is 60.2 Å². The molecule has 3 rings (SSSR count). The molecule has 0 aliphatic carbocycles. The minimum Gasteiger partial charge on any atom is -0.338 e. The SMILES string of the molecule is Cc1cccc(SCC(=O)N2CCN(C(=O)Nc3ccccc3)CC2)c1. The Morgan fingerprint density at radius 2 is 1.65 bits per heavy atom. The van der Waals surface area contributed by atoms with Crippen LogP contribution in [0.2, 0.25) is 0 Å². The summed E-state index contributed by atoms with van der Waals surface area (Å²) in [6, 6.07) is 17.5. The van der Waals surface area contributed by atoms with Gasteiger partial charge < -0.3 is 15.1 Å². The average Bonchev–Trinajstić information content (AvgIpc) is 2.67. The first-order chi connectivity index (χ1) is 12.6. The van der Waals surface area contributed by atoms with Gasteiger partial charge in [0.05, 0.1) is 5.75 Å². The fourth-order valence-electron chi connectivity index (χ4n) is 2.82. The average molecular weight is 369 g/mol. The number of aryl methyl sites for hydroxylation is 1. The van der Waals surface area contributed by atoms with E-state index in [9.17, 15) is 9.59 Å². The molecule has 0 radical (unpaired) electrons. The summed E-state index contributed by atoms with van der Waals surface area (Å²) in [6.45, 7) is 4.31. The second kappa shape index (κ2) is 8.76. The first kappa shape index (κ1) is 18.3. The van der Waals surface area contributed by atoms with E-state index < -0.39 is 0 Å². The number of hydrogen-bond acceptors (Lipinski definition) is 3. The van der Waals surface area contributed by atoms with Crippen LogP contribution in [0, 0.1) is 6.92 Å². The lowest BCUT2D eigenvalue weighted by Crippen LogP contribution is -2.52. The number of piperazine rings is 1. The second-order valence-electron chi connectivity index (χ2n) is 6.27. The number of hydrogen-bond donors (Lipinski definition) is 1. The fraction of sp³-hybridized carbons (Fsp3) is 0.300. The van der Waals surface area contributed by atoms with Gasteiger partial charge in [-0.1, -0.05) is 35.9 Å². The number of benzene rings is 2. The minimum atomic E-state index is -0.113. The number of nitrogens with zero attached hydrogens (tertiary/aromatic N) is 2. The van der Waals surface area contributed by atoms with Gasteiger partial charge in [-0.15, -0.1) is 11.8 Å². The maximum atomic E-state index is 12.4. The van der Waals surface area contributed by atoms with E-state index in [2.05, 4.69) is 11.4 Å². The first-order valence-corrected chi connectivity index (χ1v) is 9.68. The van der Waals surface area contributed by atoms with Gasteiger partial charge in [0.15, 0.2) is 0 Å². The summed E-state index contributed by atoms with van der Waals surface area (Å²) in [5.74, 6) is 0.555. The van der Waals surface area contributed by atoms with E-state index in [4.69, 9.17) is 0 Å². The van der Waals surface area contributed by atoms with E-state index in [0.29, 0.717) is 31.9 Å². The van der Waals surface area contributed by atoms with Crippen LogP contribution in [0.1, 0.15) is 5.56 Å². The van der Waals surface area contributed by atoms with Crippen molar-refractivity contribution in [2.24, 2.45) is 0 Å². The van der Waals surface area contributed by atoms with E-state index in [1.54, 1.807) is 16.7 Å². The lowest BCUT2D eigenvalue weighted by molar-refractivity contribution is -0.129. The molecule has 1 fully saturated rings. The van der Waals surface area contributed by atoms with Crippen molar-refractivity contribution in [1.82, 2.24) is 9.80 Å². The number of amides is 3. The van der Waals surface area contributed by atoms with Crippen LogP contribution in [0.3, 0.4) is 0 Å². The topological polar surface area (TPSA) is 52.7 Å². The molecule has 1 N–H and O–H groups in total. The van der Waals surface area contributed by atoms with Crippen LogP contribution >= 0.6 is 11.8 Å². The van der Waals surface area contributed by atoms with Crippen molar-refractivity contribution >= 4 is 29.4 Å². The zero-order chi connectivity index (χ0) is 18.4. The largest absolute Gasteiger partial charge is 0.338 e. The lowest BCUT2D eigenvalue weighted by Gasteiger charge is -2.34. The minimum absolute atomic E-state index is 0.113. The molecule has 2 aromatic carbocycles. The second-order valence-corrected chi connectivity index (χ2v) is 7.32. The molecule has 0 spiro atoms. The summed E-state index contributed by atoms with van der Waals surface area (Å²) < 4.78 is 0. The maximum absolute atomic E-state index is 12.4. The molecule has 0 unspecified atom stereocenters. The van der Waals surface area contributed by atoms with Crippen LogP contribution in [0.25, 0.3) is 0 Å². The van der Waals surface area contributed by atoms with Gasteiger partial charge in [-0.05, 0) is 31.2 Å². The number of anilines is 1. The standard InChI is InChI=1S/C20H23N3O2S/c1-16-6-5-9-18(14-16)26-15-19(24)22-10-12-23(13-11-22)20(25)21-17-7-3-2-4-8-17/h2-9,14H,10-13,15H2,1H3,(H,21,25). The zero-order valence-electron chi connectivity index (χ0n) is 14.9. The number of rotatable bonds is 4. The molecule has 136 valence electrons. The Balaban J connectivity index is 1.44. The van der Waals surface area contributed by atoms with Gasteiger partial charge in [-0.25, -0.2) is 4.79 Å². The third-order valence-corrected chi connectivity index (χ3v) is 5.28. The number of thioether (sulfide) groups is 1. The normalized spacial score (nSPS) is 14.2. The molecule has 1 aliphatic heterocycles. The van der Waals surface area contributed by atoms with Crippen molar-refractivity contribution in [3.63, 3.8) is 0 Å². The third kappa shape index (κ3) is 5.02. The van der Waals surface area contributed by atoms with Crippen LogP contribution < -0.4 is 5.32 Å². The summed E-state index contributed by atoms with van der Waals surface area (Å²) in [5, 5.41) is 2.89. The monoisotopic (exact) mass is 369 g/mol. The van der Waals surface area contributed by atoms with Crippen LogP contribution in [-0.4, -0.2) is 53.7 Å². The Morgan fingerprint density at radius 3 is 2.35 bits per heavy atom. The Kier molecular flexibility index (Phi) is 6.17. The molecular weight excluding hydrogens is 346 g/mol. The predicted molar refractivity (Wildman–Crippen MR) is 106 cm³/mol. The highest BCUT2D eigenvalue weighted by atomic mass is 32.2. The molecule has 0 aromatic heterocycles. The maximum Gasteiger partial charge on any atom is 0.321 e. The molecule has 0 saturated carbocycles. The summed E-state index contributed by atoms with van der Waals surface area (Å²) in [4.78, 5) is 29.4. The van der Waals surface area contributed by atoms with Gasteiger partial charge >= 0.3 is 6.03 Å². The number of nitrogens with one attached hydrogen (secondary N) is 1. The smallest absolute Gasteiger partial charge is 0.321 e. The van der Waals surface area contributed by atoms with Gasteiger partial charge in [0, 0.05) is 36.8 Å². The van der Waals surface area contributed by atoms with Crippen molar-refractivity contribution in [2.75, 3.05) is 37.2 Å². The first-order valence-electron chi connectivity index (χ1n) is 8.70. The number of urea groups is 1. The van der Waals surface area contributed by atoms with Crippen LogP contribution in [0.4, 0.5) is 10.5 Å². The van der Waals surface area contributed by atoms with Crippen molar-refractivity contribution < 1.29 is 9.59 Å². The summed E-state index contributed by atoms with van der Waals surface area (Å²) >= 11 is 1.56. The molecule has 1 aliphatic rings. The Morgan fingerprint density at radius 1 is 0.962 bits per heavy atom. The van der Waals surface area contributed by atoms with Gasteiger partial charge in [-0.3, -0.25) is 4.79 Å². The molecule has 1 saturated heterocycles. The van der Waals surface area contributed by atoms with Crippen molar-refractivity contribution in [2.45, 2.75) is 11.8 Å². The summed E-state index contributed by atoms with van der Waals surface area (Å²) in [7, 11) is 0. The fourth-order valence-corrected chi connectivity index (χ4v) is 3.74. The zero-order valence-corrected chi connectivity index (χ0v) is 15.7. The lowest BCUT2D eigenvalue weighted by atomic mass is 10.2. The highest BCUT2D eigenvalue weighted by molar-refractivity contribution is 8.00. The molecule has 5 nitrogen and oxygen atoms in total. The van der Waals surface area contributed by atoms with E-state index in [0.717, 1.165) is 10.6 Å². The van der Waals surface area contributed by atoms with E-state index >= 15 is 0 Å². The summed E-state index contributed by atoms with van der Waals surface area (Å²) in [6.07, 6.45) is 0. The van der Waals surface area contributed by atoms with Gasteiger partial charge in [0.1, 0.15) is 0 Å². The highest BCUT2D eigenvalue weighted by Gasteiger charge is 2.24. The molecule has 3 amide bonds. The van der Waals surface area contributed by atoms with Crippen molar-refractivity contribution in [3.8, 4) is 0 Å². The Bertz CT molecular complexity index is 759. The Hall–Kier alpha value is -2.47. The molecule has 26 heavy (non-hydrogen) atoms. The molecule has 6 heteroatoms. The molecule has 0 bridgehead atoms. The van der Waals surface area contributed by atoms with Crippen LogP contribution in [-0.2, 0) is 4.79 Å². The highest BCUT2D eigenvalue weighted by Crippen LogP contribution is 2.19. The van der Waals surface area contributed by atoms with E-state index in [-0.39, 0.29) is 11.9 Å². The van der Waals surface area contributed by atoms with Gasteiger partial charge in [0.2, 0.25) is 5.91 Å². The van der Waals surface area contributed by atoms with Crippen LogP contribution in [0.15, 0.2) is 59.5 Å². The van der Waals surface area contributed by atoms with E-state index in [1.165, 1.54) is 5.56 Å². The Labute approximate surface area is 158 Å². The number of carbonyl (C=O) groups excluding carboxylic acids is 2. The summed E-state index contributed by atoms with van der Waals surface area (Å²) in [5.41, 5.74) is 1.98. The molecular formula is C20H23N3O2S. The quantitative estimate of drug-likeness (QED) is 0.840. The number of carbonyl (C=O) groups is 2. The number of para-hydroxylation sites is 1. The van der Waals surface area contributed by atoms with Gasteiger partial charge in [0.25, 0.3) is 0 Å². The van der Waals surface area contributed by atoms with Crippen molar-refractivity contribution in [1.29, 1.82) is 0 Å².